The maximum atomic E-state index is 12.3. The van der Waals surface area contributed by atoms with E-state index in [0.29, 0.717) is 5.30 Å². The van der Waals surface area contributed by atoms with Crippen LogP contribution in [0.5, 0.6) is 0 Å². The van der Waals surface area contributed by atoms with E-state index in [9.17, 15) is 4.57 Å². The van der Waals surface area contributed by atoms with Crippen LogP contribution in [0.25, 0.3) is 10.8 Å². The zero-order chi connectivity index (χ0) is 12.5. The van der Waals surface area contributed by atoms with Gasteiger partial charge < -0.3 is 9.05 Å². The molecule has 0 aliphatic carbocycles. The predicted molar refractivity (Wildman–Crippen MR) is 72.9 cm³/mol. The van der Waals surface area contributed by atoms with Crippen LogP contribution in [0.4, 0.5) is 0 Å². The fraction of sp³-hybridized carbons (Fsp3) is 0.167. The van der Waals surface area contributed by atoms with Gasteiger partial charge in [0.2, 0.25) is 0 Å². The number of halogens is 1. The quantitative estimate of drug-likeness (QED) is 0.810. The summed E-state index contributed by atoms with van der Waals surface area (Å²) in [6.45, 7) is 0. The van der Waals surface area contributed by atoms with E-state index >= 15 is 0 Å². The molecule has 0 bridgehead atoms. The molecule has 2 aromatic rings. The van der Waals surface area contributed by atoms with Crippen LogP contribution in [-0.2, 0) is 13.6 Å². The topological polar surface area (TPSA) is 35.5 Å². The average molecular weight is 315 g/mol. The Bertz CT molecular complexity index is 589. The van der Waals surface area contributed by atoms with E-state index in [1.807, 2.05) is 30.3 Å². The van der Waals surface area contributed by atoms with Gasteiger partial charge in [0.15, 0.2) is 0 Å². The van der Waals surface area contributed by atoms with Crippen molar-refractivity contribution in [2.75, 3.05) is 14.2 Å². The standard InChI is InChI=1S/C12H12BrO3P/c1-15-17(14,16-2)11-8-7-9-5-3-4-6-10(9)12(11)13/h3-8H,1-2H3. The molecule has 17 heavy (non-hydrogen) atoms. The van der Waals surface area contributed by atoms with Gasteiger partial charge in [0, 0.05) is 18.7 Å². The van der Waals surface area contributed by atoms with E-state index in [2.05, 4.69) is 15.9 Å². The molecule has 0 aromatic heterocycles. The summed E-state index contributed by atoms with van der Waals surface area (Å²) in [7, 11) is -0.461. The molecule has 0 N–H and O–H groups in total. The summed E-state index contributed by atoms with van der Waals surface area (Å²) in [6, 6.07) is 11.5. The van der Waals surface area contributed by atoms with Crippen molar-refractivity contribution in [1.82, 2.24) is 0 Å². The van der Waals surface area contributed by atoms with Crippen LogP contribution >= 0.6 is 23.5 Å². The largest absolute Gasteiger partial charge is 0.361 e. The molecular formula is C12H12BrO3P. The molecule has 3 nitrogen and oxygen atoms in total. The Morgan fingerprint density at radius 1 is 1.06 bits per heavy atom. The summed E-state index contributed by atoms with van der Waals surface area (Å²) in [4.78, 5) is 0. The zero-order valence-corrected chi connectivity index (χ0v) is 12.0. The van der Waals surface area contributed by atoms with Crippen molar-refractivity contribution >= 4 is 39.6 Å². The number of hydrogen-bond donors (Lipinski definition) is 0. The third-order valence-electron chi connectivity index (χ3n) is 2.62. The molecule has 0 fully saturated rings. The molecule has 2 aromatic carbocycles. The normalized spacial score (nSPS) is 11.9. The Morgan fingerprint density at radius 2 is 1.71 bits per heavy atom. The molecular weight excluding hydrogens is 303 g/mol. The molecule has 0 saturated carbocycles. The number of fused-ring (bicyclic) bond motifs is 1. The molecule has 0 radical (unpaired) electrons. The average Bonchev–Trinajstić information content (AvgIpc) is 2.38. The summed E-state index contributed by atoms with van der Waals surface area (Å²) in [5.74, 6) is 0. The van der Waals surface area contributed by atoms with Crippen molar-refractivity contribution in [2.24, 2.45) is 0 Å². The van der Waals surface area contributed by atoms with Gasteiger partial charge >= 0.3 is 7.60 Å². The maximum Gasteiger partial charge on any atom is 0.361 e. The second-order valence-electron chi connectivity index (χ2n) is 3.48. The first-order chi connectivity index (χ1) is 8.12. The second-order valence-corrected chi connectivity index (χ2v) is 6.48. The zero-order valence-electron chi connectivity index (χ0n) is 9.51. The van der Waals surface area contributed by atoms with Crippen LogP contribution < -0.4 is 5.30 Å². The fourth-order valence-corrected chi connectivity index (χ4v) is 4.01. The van der Waals surface area contributed by atoms with Gasteiger partial charge in [-0.2, -0.15) is 0 Å². The van der Waals surface area contributed by atoms with Gasteiger partial charge in [0.05, 0.1) is 5.30 Å². The van der Waals surface area contributed by atoms with Gasteiger partial charge in [-0.15, -0.1) is 0 Å². The summed E-state index contributed by atoms with van der Waals surface area (Å²) in [5, 5.41) is 2.60. The molecule has 0 saturated heterocycles. The SMILES string of the molecule is COP(=O)(OC)c1ccc2ccccc2c1Br. The highest BCUT2D eigenvalue weighted by Crippen LogP contribution is 2.48. The smallest absolute Gasteiger partial charge is 0.309 e. The fourth-order valence-electron chi connectivity index (χ4n) is 1.70. The molecule has 0 atom stereocenters. The molecule has 0 heterocycles. The highest BCUT2D eigenvalue weighted by Gasteiger charge is 2.27. The highest BCUT2D eigenvalue weighted by atomic mass is 79.9. The lowest BCUT2D eigenvalue weighted by molar-refractivity contribution is 0.287. The van der Waals surface area contributed by atoms with Crippen molar-refractivity contribution in [3.8, 4) is 0 Å². The molecule has 0 spiro atoms. The Balaban J connectivity index is 2.72. The predicted octanol–water partition coefficient (Wildman–Crippen LogP) is 3.71. The van der Waals surface area contributed by atoms with E-state index in [-0.39, 0.29) is 0 Å². The van der Waals surface area contributed by atoms with Crippen LogP contribution in [0.2, 0.25) is 0 Å². The van der Waals surface area contributed by atoms with Crippen molar-refractivity contribution in [3.05, 3.63) is 40.9 Å². The van der Waals surface area contributed by atoms with Crippen LogP contribution in [0.3, 0.4) is 0 Å². The first-order valence-electron chi connectivity index (χ1n) is 5.01. The lowest BCUT2D eigenvalue weighted by Gasteiger charge is -2.16. The minimum Gasteiger partial charge on any atom is -0.309 e. The minimum absolute atomic E-state index is 0.543. The number of hydrogen-bond acceptors (Lipinski definition) is 3. The van der Waals surface area contributed by atoms with Crippen molar-refractivity contribution in [2.45, 2.75) is 0 Å². The third-order valence-corrected chi connectivity index (χ3v) is 5.70. The van der Waals surface area contributed by atoms with E-state index in [1.165, 1.54) is 14.2 Å². The van der Waals surface area contributed by atoms with Gasteiger partial charge in [0.25, 0.3) is 0 Å². The number of benzene rings is 2. The van der Waals surface area contributed by atoms with Gasteiger partial charge in [0.1, 0.15) is 0 Å². The summed E-state index contributed by atoms with van der Waals surface area (Å²) < 4.78 is 23.1. The van der Waals surface area contributed by atoms with Crippen molar-refractivity contribution in [3.63, 3.8) is 0 Å². The van der Waals surface area contributed by atoms with E-state index in [0.717, 1.165) is 15.2 Å². The van der Waals surface area contributed by atoms with E-state index < -0.39 is 7.60 Å². The minimum atomic E-state index is -3.22. The van der Waals surface area contributed by atoms with Crippen LogP contribution in [0, 0.1) is 0 Å². The molecule has 0 amide bonds. The first kappa shape index (κ1) is 12.8. The Labute approximate surface area is 108 Å². The summed E-state index contributed by atoms with van der Waals surface area (Å²) >= 11 is 3.47. The first-order valence-corrected chi connectivity index (χ1v) is 7.35. The monoisotopic (exact) mass is 314 g/mol. The number of rotatable bonds is 3. The summed E-state index contributed by atoms with van der Waals surface area (Å²) in [6.07, 6.45) is 0. The Hall–Kier alpha value is -0.670. The van der Waals surface area contributed by atoms with Crippen LogP contribution in [0.15, 0.2) is 40.9 Å². The maximum absolute atomic E-state index is 12.3. The lowest BCUT2D eigenvalue weighted by atomic mass is 10.1. The van der Waals surface area contributed by atoms with Gasteiger partial charge in [-0.05, 0) is 32.8 Å². The van der Waals surface area contributed by atoms with Crippen molar-refractivity contribution in [1.29, 1.82) is 0 Å². The molecule has 0 aliphatic heterocycles. The van der Waals surface area contributed by atoms with Crippen molar-refractivity contribution < 1.29 is 13.6 Å². The Morgan fingerprint density at radius 3 is 2.35 bits per heavy atom. The van der Waals surface area contributed by atoms with Gasteiger partial charge in [-0.1, -0.05) is 30.3 Å². The molecule has 0 unspecified atom stereocenters. The van der Waals surface area contributed by atoms with Gasteiger partial charge in [-0.25, -0.2) is 0 Å². The third kappa shape index (κ3) is 2.18. The molecule has 5 heteroatoms. The summed E-state index contributed by atoms with van der Waals surface area (Å²) in [5.41, 5.74) is 0. The van der Waals surface area contributed by atoms with Gasteiger partial charge in [-0.3, -0.25) is 4.57 Å². The molecule has 90 valence electrons. The molecule has 0 aliphatic rings. The second kappa shape index (κ2) is 4.91. The highest BCUT2D eigenvalue weighted by molar-refractivity contribution is 9.11. The van der Waals surface area contributed by atoms with E-state index in [1.54, 1.807) is 6.07 Å². The van der Waals surface area contributed by atoms with Crippen LogP contribution in [-0.4, -0.2) is 14.2 Å². The van der Waals surface area contributed by atoms with Crippen LogP contribution in [0.1, 0.15) is 0 Å². The molecule has 2 rings (SSSR count). The lowest BCUT2D eigenvalue weighted by Crippen LogP contribution is -2.09. The van der Waals surface area contributed by atoms with E-state index in [4.69, 9.17) is 9.05 Å². The Kier molecular flexibility index (Phi) is 3.69.